The third-order valence-corrected chi connectivity index (χ3v) is 9.22. The number of pyridine rings is 1. The number of carbonyl (C=O) groups is 2. The molecule has 0 radical (unpaired) electrons. The Morgan fingerprint density at radius 1 is 1.13 bits per heavy atom. The van der Waals surface area contributed by atoms with Crippen LogP contribution in [0.5, 0.6) is 5.88 Å². The summed E-state index contributed by atoms with van der Waals surface area (Å²) in [7, 11) is 3.41. The lowest BCUT2D eigenvalue weighted by Gasteiger charge is -2.46. The normalized spacial score (nSPS) is 16.5. The molecule has 1 aliphatic carbocycles. The molecule has 204 valence electrons. The number of anilines is 1. The van der Waals surface area contributed by atoms with Crippen molar-refractivity contribution < 1.29 is 14.3 Å². The van der Waals surface area contributed by atoms with Crippen LogP contribution < -0.4 is 15.4 Å². The lowest BCUT2D eigenvalue weighted by Crippen LogP contribution is -2.51. The number of ether oxygens (including phenoxy) is 1. The molecule has 5 heterocycles. The molecule has 2 N–H and O–H groups in total. The molecule has 6 rings (SSSR count). The number of aryl methyl sites for hydroxylation is 2. The van der Waals surface area contributed by atoms with Gasteiger partial charge in [0, 0.05) is 38.1 Å². The van der Waals surface area contributed by atoms with Crippen LogP contribution in [0.1, 0.15) is 58.5 Å². The largest absolute Gasteiger partial charge is 0.481 e. The van der Waals surface area contributed by atoms with E-state index in [2.05, 4.69) is 30.7 Å². The Balaban J connectivity index is 1.14. The number of likely N-dealkylation sites (tertiary alicyclic amines) is 1. The van der Waals surface area contributed by atoms with Crippen molar-refractivity contribution in [2.24, 2.45) is 7.05 Å². The Morgan fingerprint density at radius 3 is 2.72 bits per heavy atom. The SMILES string of the molecule is COc1c(-c2cn3ncc(C(=O)Nc4cc(C(=O)NCCN5CCCC56CCC6)cnc4C)c3s2)cnn1C. The Kier molecular flexibility index (Phi) is 6.59. The van der Waals surface area contributed by atoms with Gasteiger partial charge < -0.3 is 15.4 Å². The van der Waals surface area contributed by atoms with Crippen molar-refractivity contribution in [2.45, 2.75) is 44.6 Å². The van der Waals surface area contributed by atoms with Crippen molar-refractivity contribution in [1.82, 2.24) is 34.6 Å². The van der Waals surface area contributed by atoms with Crippen LogP contribution >= 0.6 is 11.3 Å². The molecule has 0 unspecified atom stereocenters. The third-order valence-electron chi connectivity index (χ3n) is 8.07. The Morgan fingerprint density at radius 2 is 1.95 bits per heavy atom. The first kappa shape index (κ1) is 25.5. The number of carbonyl (C=O) groups excluding carboxylic acids is 2. The number of nitrogens with zero attached hydrogens (tertiary/aromatic N) is 6. The molecule has 1 aliphatic heterocycles. The van der Waals surface area contributed by atoms with Gasteiger partial charge in [0.1, 0.15) is 4.83 Å². The number of aromatic nitrogens is 5. The summed E-state index contributed by atoms with van der Waals surface area (Å²) in [5.74, 6) is 0.116. The fraction of sp³-hybridized carbons (Fsp3) is 0.444. The number of rotatable bonds is 8. The zero-order valence-electron chi connectivity index (χ0n) is 22.4. The number of fused-ring (bicyclic) bond motifs is 1. The number of amides is 2. The summed E-state index contributed by atoms with van der Waals surface area (Å²) < 4.78 is 8.79. The van der Waals surface area contributed by atoms with E-state index in [-0.39, 0.29) is 11.8 Å². The van der Waals surface area contributed by atoms with Gasteiger partial charge in [-0.15, -0.1) is 11.3 Å². The highest BCUT2D eigenvalue weighted by Crippen LogP contribution is 2.45. The third kappa shape index (κ3) is 4.57. The average molecular weight is 549 g/mol. The minimum atomic E-state index is -0.321. The maximum atomic E-state index is 13.3. The van der Waals surface area contributed by atoms with Gasteiger partial charge in [-0.3, -0.25) is 19.5 Å². The number of nitrogens with one attached hydrogen (secondary N) is 2. The van der Waals surface area contributed by atoms with Crippen LogP contribution in [-0.4, -0.2) is 73.4 Å². The van der Waals surface area contributed by atoms with E-state index in [9.17, 15) is 9.59 Å². The second-order valence-corrected chi connectivity index (χ2v) is 11.4. The van der Waals surface area contributed by atoms with Gasteiger partial charge in [0.25, 0.3) is 11.8 Å². The molecule has 1 spiro atoms. The first-order valence-electron chi connectivity index (χ1n) is 13.2. The Hall–Kier alpha value is -3.77. The Bertz CT molecular complexity index is 1550. The first-order valence-corrected chi connectivity index (χ1v) is 14.0. The van der Waals surface area contributed by atoms with Gasteiger partial charge in [0.15, 0.2) is 0 Å². The summed E-state index contributed by atoms with van der Waals surface area (Å²) in [6.07, 6.45) is 13.1. The van der Waals surface area contributed by atoms with E-state index < -0.39 is 0 Å². The van der Waals surface area contributed by atoms with E-state index in [1.54, 1.807) is 41.7 Å². The summed E-state index contributed by atoms with van der Waals surface area (Å²) in [6, 6.07) is 1.68. The van der Waals surface area contributed by atoms with Gasteiger partial charge in [-0.05, 0) is 51.6 Å². The van der Waals surface area contributed by atoms with E-state index in [1.807, 2.05) is 13.2 Å². The van der Waals surface area contributed by atoms with E-state index in [4.69, 9.17) is 4.74 Å². The van der Waals surface area contributed by atoms with E-state index in [1.165, 1.54) is 49.6 Å². The van der Waals surface area contributed by atoms with Crippen molar-refractivity contribution in [3.8, 4) is 16.3 Å². The quantitative estimate of drug-likeness (QED) is 0.346. The fourth-order valence-corrected chi connectivity index (χ4v) is 6.84. The van der Waals surface area contributed by atoms with Gasteiger partial charge in [-0.25, -0.2) is 9.20 Å². The van der Waals surface area contributed by atoms with Gasteiger partial charge in [-0.1, -0.05) is 0 Å². The fourth-order valence-electron chi connectivity index (χ4n) is 5.78. The number of thiazole rings is 1. The summed E-state index contributed by atoms with van der Waals surface area (Å²) in [5, 5.41) is 14.6. The second kappa shape index (κ2) is 10.1. The monoisotopic (exact) mass is 548 g/mol. The van der Waals surface area contributed by atoms with Crippen LogP contribution in [0.4, 0.5) is 5.69 Å². The molecule has 4 aromatic rings. The summed E-state index contributed by atoms with van der Waals surface area (Å²) in [4.78, 5) is 34.7. The van der Waals surface area contributed by atoms with Crippen molar-refractivity contribution in [2.75, 3.05) is 32.1 Å². The zero-order valence-corrected chi connectivity index (χ0v) is 23.2. The molecular weight excluding hydrogens is 516 g/mol. The summed E-state index contributed by atoms with van der Waals surface area (Å²) in [6.45, 7) is 4.36. The number of methoxy groups -OCH3 is 1. The maximum absolute atomic E-state index is 13.3. The molecule has 0 aromatic carbocycles. The van der Waals surface area contributed by atoms with Gasteiger partial charge in [0.05, 0.1) is 52.5 Å². The van der Waals surface area contributed by atoms with Crippen LogP contribution in [0.25, 0.3) is 15.3 Å². The highest BCUT2D eigenvalue weighted by molar-refractivity contribution is 7.21. The standard InChI is InChI=1S/C27H32N8O3S/c1-17-21(12-18(13-29-17)23(36)28-9-11-34-10-5-8-27(34)6-4-7-27)32-24(37)20-15-31-35-16-22(39-26(20)35)19-14-30-33(2)25(19)38-3/h12-16H,4-11H2,1-3H3,(H,28,36)(H,32,37). The van der Waals surface area contributed by atoms with Gasteiger partial charge in [-0.2, -0.15) is 10.2 Å². The molecule has 1 saturated carbocycles. The molecule has 0 bridgehead atoms. The van der Waals surface area contributed by atoms with Crippen molar-refractivity contribution in [3.05, 3.63) is 47.7 Å². The lowest BCUT2D eigenvalue weighted by atomic mass is 9.75. The minimum absolute atomic E-state index is 0.193. The summed E-state index contributed by atoms with van der Waals surface area (Å²) >= 11 is 1.43. The smallest absolute Gasteiger partial charge is 0.260 e. The van der Waals surface area contributed by atoms with E-state index in [0.717, 1.165) is 23.5 Å². The molecule has 12 heteroatoms. The summed E-state index contributed by atoms with van der Waals surface area (Å²) in [5.41, 5.74) is 3.18. The highest BCUT2D eigenvalue weighted by atomic mass is 32.1. The lowest BCUT2D eigenvalue weighted by molar-refractivity contribution is 0.0561. The topological polar surface area (TPSA) is 119 Å². The van der Waals surface area contributed by atoms with Crippen LogP contribution in [-0.2, 0) is 7.05 Å². The van der Waals surface area contributed by atoms with Crippen LogP contribution in [0.3, 0.4) is 0 Å². The molecule has 1 saturated heterocycles. The first-order chi connectivity index (χ1) is 18.9. The predicted octanol–water partition coefficient (Wildman–Crippen LogP) is 3.51. The van der Waals surface area contributed by atoms with E-state index in [0.29, 0.717) is 45.3 Å². The molecule has 2 aliphatic rings. The molecule has 2 amide bonds. The highest BCUT2D eigenvalue weighted by Gasteiger charge is 2.44. The molecule has 2 fully saturated rings. The predicted molar refractivity (Wildman–Crippen MR) is 148 cm³/mol. The van der Waals surface area contributed by atoms with Crippen LogP contribution in [0.15, 0.2) is 30.9 Å². The van der Waals surface area contributed by atoms with Gasteiger partial charge in [0.2, 0.25) is 5.88 Å². The maximum Gasteiger partial charge on any atom is 0.260 e. The molecule has 11 nitrogen and oxygen atoms in total. The van der Waals surface area contributed by atoms with Crippen molar-refractivity contribution in [1.29, 1.82) is 0 Å². The van der Waals surface area contributed by atoms with Crippen LogP contribution in [0.2, 0.25) is 0 Å². The molecule has 39 heavy (non-hydrogen) atoms. The Labute approximate surface area is 230 Å². The number of hydrogen-bond donors (Lipinski definition) is 2. The molecule has 0 atom stereocenters. The van der Waals surface area contributed by atoms with Gasteiger partial charge >= 0.3 is 0 Å². The number of hydrogen-bond acceptors (Lipinski definition) is 8. The van der Waals surface area contributed by atoms with Crippen LogP contribution in [0, 0.1) is 6.92 Å². The minimum Gasteiger partial charge on any atom is -0.481 e. The zero-order chi connectivity index (χ0) is 27.1. The van der Waals surface area contributed by atoms with Crippen molar-refractivity contribution >= 4 is 33.7 Å². The van der Waals surface area contributed by atoms with E-state index >= 15 is 0 Å². The second-order valence-electron chi connectivity index (χ2n) is 10.3. The van der Waals surface area contributed by atoms with Crippen molar-refractivity contribution in [3.63, 3.8) is 0 Å². The molecular formula is C27H32N8O3S. The molecule has 4 aromatic heterocycles. The average Bonchev–Trinajstić information content (AvgIpc) is 3.67.